The zero-order valence-electron chi connectivity index (χ0n) is 9.57. The highest BCUT2D eigenvalue weighted by molar-refractivity contribution is 5.82. The maximum Gasteiger partial charge on any atom is 0.314 e. The predicted octanol–water partition coefficient (Wildman–Crippen LogP) is 2.68. The fourth-order valence-corrected chi connectivity index (χ4v) is 2.76. The SMILES string of the molecule is Cc1cnccc1C1(C(=O)O)CCCCC1. The second-order valence-electron chi connectivity index (χ2n) is 4.64. The summed E-state index contributed by atoms with van der Waals surface area (Å²) in [4.78, 5) is 15.6. The van der Waals surface area contributed by atoms with Gasteiger partial charge in [0.25, 0.3) is 0 Å². The van der Waals surface area contributed by atoms with Crippen LogP contribution in [0.3, 0.4) is 0 Å². The molecule has 1 N–H and O–H groups in total. The smallest absolute Gasteiger partial charge is 0.314 e. The van der Waals surface area contributed by atoms with Crippen LogP contribution >= 0.6 is 0 Å². The zero-order chi connectivity index (χ0) is 11.6. The van der Waals surface area contributed by atoms with Crippen LogP contribution in [0.4, 0.5) is 0 Å². The second-order valence-corrected chi connectivity index (χ2v) is 4.64. The Bertz CT molecular complexity index is 395. The summed E-state index contributed by atoms with van der Waals surface area (Å²) >= 11 is 0. The van der Waals surface area contributed by atoms with Gasteiger partial charge in [-0.15, -0.1) is 0 Å². The molecule has 1 aromatic heterocycles. The van der Waals surface area contributed by atoms with Crippen LogP contribution in [0.5, 0.6) is 0 Å². The highest BCUT2D eigenvalue weighted by Crippen LogP contribution is 2.40. The summed E-state index contributed by atoms with van der Waals surface area (Å²) in [5.41, 5.74) is 1.28. The van der Waals surface area contributed by atoms with Crippen LogP contribution in [0.15, 0.2) is 18.5 Å². The average molecular weight is 219 g/mol. The van der Waals surface area contributed by atoms with E-state index in [9.17, 15) is 9.90 Å². The van der Waals surface area contributed by atoms with Gasteiger partial charge in [-0.2, -0.15) is 0 Å². The Hall–Kier alpha value is -1.38. The molecule has 0 aromatic carbocycles. The highest BCUT2D eigenvalue weighted by Gasteiger charge is 2.42. The number of carboxylic acids is 1. The van der Waals surface area contributed by atoms with Crippen molar-refractivity contribution in [3.63, 3.8) is 0 Å². The number of hydrogen-bond donors (Lipinski definition) is 1. The number of pyridine rings is 1. The molecule has 0 bridgehead atoms. The van der Waals surface area contributed by atoms with Crippen LogP contribution in [0.2, 0.25) is 0 Å². The molecule has 0 saturated heterocycles. The van der Waals surface area contributed by atoms with Crippen LogP contribution in [0.1, 0.15) is 43.2 Å². The van der Waals surface area contributed by atoms with Gasteiger partial charge in [0, 0.05) is 12.4 Å². The Morgan fingerprint density at radius 3 is 2.62 bits per heavy atom. The molecule has 1 aromatic rings. The first-order chi connectivity index (χ1) is 7.67. The molecule has 0 unspecified atom stereocenters. The van der Waals surface area contributed by atoms with Gasteiger partial charge in [-0.3, -0.25) is 9.78 Å². The second kappa shape index (κ2) is 4.24. The van der Waals surface area contributed by atoms with E-state index in [1.807, 2.05) is 13.0 Å². The minimum atomic E-state index is -0.679. The van der Waals surface area contributed by atoms with Crippen molar-refractivity contribution in [3.05, 3.63) is 29.6 Å². The number of rotatable bonds is 2. The Morgan fingerprint density at radius 2 is 2.06 bits per heavy atom. The van der Waals surface area contributed by atoms with Crippen LogP contribution in [-0.4, -0.2) is 16.1 Å². The summed E-state index contributed by atoms with van der Waals surface area (Å²) in [5, 5.41) is 9.55. The van der Waals surface area contributed by atoms with Crippen molar-refractivity contribution in [2.45, 2.75) is 44.4 Å². The molecular formula is C13H17NO2. The molecule has 0 atom stereocenters. The molecule has 1 saturated carbocycles. The minimum absolute atomic E-state index is 0.661. The first-order valence-corrected chi connectivity index (χ1v) is 5.81. The molecule has 3 heteroatoms. The fraction of sp³-hybridized carbons (Fsp3) is 0.538. The number of aliphatic carboxylic acids is 1. The molecule has 0 amide bonds. The summed E-state index contributed by atoms with van der Waals surface area (Å²) in [5.74, 6) is -0.679. The summed E-state index contributed by atoms with van der Waals surface area (Å²) in [6, 6.07) is 1.87. The van der Waals surface area contributed by atoms with Crippen molar-refractivity contribution in [2.75, 3.05) is 0 Å². The van der Waals surface area contributed by atoms with E-state index in [0.29, 0.717) is 0 Å². The van der Waals surface area contributed by atoms with Gasteiger partial charge in [-0.1, -0.05) is 19.3 Å². The summed E-state index contributed by atoms with van der Waals surface area (Å²) in [6.45, 7) is 1.95. The van der Waals surface area contributed by atoms with Gasteiger partial charge in [-0.25, -0.2) is 0 Å². The van der Waals surface area contributed by atoms with E-state index in [2.05, 4.69) is 4.98 Å². The molecule has 1 aliphatic carbocycles. The van der Waals surface area contributed by atoms with Gasteiger partial charge < -0.3 is 5.11 Å². The maximum absolute atomic E-state index is 11.6. The van der Waals surface area contributed by atoms with E-state index < -0.39 is 11.4 Å². The van der Waals surface area contributed by atoms with Gasteiger partial charge >= 0.3 is 5.97 Å². The number of carbonyl (C=O) groups is 1. The van der Waals surface area contributed by atoms with Gasteiger partial charge in [0.05, 0.1) is 5.41 Å². The van der Waals surface area contributed by atoms with Gasteiger partial charge in [0.2, 0.25) is 0 Å². The molecule has 0 radical (unpaired) electrons. The van der Waals surface area contributed by atoms with E-state index in [4.69, 9.17) is 0 Å². The Kier molecular flexibility index (Phi) is 2.95. The molecule has 3 nitrogen and oxygen atoms in total. The summed E-state index contributed by atoms with van der Waals surface area (Å²) < 4.78 is 0. The third kappa shape index (κ3) is 1.70. The lowest BCUT2D eigenvalue weighted by Gasteiger charge is -2.34. The first kappa shape index (κ1) is 11.1. The van der Waals surface area contributed by atoms with Gasteiger partial charge in [0.1, 0.15) is 0 Å². The average Bonchev–Trinajstić information content (AvgIpc) is 2.30. The Balaban J connectivity index is 2.47. The number of aryl methyl sites for hydroxylation is 1. The van der Waals surface area contributed by atoms with Crippen molar-refractivity contribution in [1.29, 1.82) is 0 Å². The normalized spacial score (nSPS) is 19.3. The van der Waals surface area contributed by atoms with Crippen molar-refractivity contribution < 1.29 is 9.90 Å². The molecule has 1 fully saturated rings. The van der Waals surface area contributed by atoms with Crippen LogP contribution < -0.4 is 0 Å². The number of aromatic nitrogens is 1. The largest absolute Gasteiger partial charge is 0.481 e. The predicted molar refractivity (Wildman–Crippen MR) is 61.4 cm³/mol. The number of carboxylic acid groups (broad SMARTS) is 1. The lowest BCUT2D eigenvalue weighted by atomic mass is 9.68. The van der Waals surface area contributed by atoms with Crippen LogP contribution in [-0.2, 0) is 10.2 Å². The van der Waals surface area contributed by atoms with Gasteiger partial charge in [-0.05, 0) is 37.0 Å². The first-order valence-electron chi connectivity index (χ1n) is 5.81. The zero-order valence-corrected chi connectivity index (χ0v) is 9.57. The molecule has 16 heavy (non-hydrogen) atoms. The van der Waals surface area contributed by atoms with E-state index >= 15 is 0 Å². The third-order valence-corrected chi connectivity index (χ3v) is 3.65. The van der Waals surface area contributed by atoms with E-state index in [1.165, 1.54) is 0 Å². The van der Waals surface area contributed by atoms with Crippen LogP contribution in [0.25, 0.3) is 0 Å². The molecule has 1 heterocycles. The molecule has 2 rings (SSSR count). The van der Waals surface area contributed by atoms with Crippen molar-refractivity contribution >= 4 is 5.97 Å². The quantitative estimate of drug-likeness (QED) is 0.832. The van der Waals surface area contributed by atoms with Crippen molar-refractivity contribution in [1.82, 2.24) is 4.98 Å². The van der Waals surface area contributed by atoms with E-state index in [1.54, 1.807) is 12.4 Å². The Morgan fingerprint density at radius 1 is 1.38 bits per heavy atom. The lowest BCUT2D eigenvalue weighted by Crippen LogP contribution is -2.38. The molecule has 0 aliphatic heterocycles. The third-order valence-electron chi connectivity index (χ3n) is 3.65. The van der Waals surface area contributed by atoms with Crippen molar-refractivity contribution in [2.24, 2.45) is 0 Å². The topological polar surface area (TPSA) is 50.2 Å². The molecular weight excluding hydrogens is 202 g/mol. The Labute approximate surface area is 95.5 Å². The summed E-state index contributed by atoms with van der Waals surface area (Å²) in [6.07, 6.45) is 8.14. The molecule has 1 aliphatic rings. The van der Waals surface area contributed by atoms with E-state index in [-0.39, 0.29) is 0 Å². The van der Waals surface area contributed by atoms with Crippen LogP contribution in [0, 0.1) is 6.92 Å². The maximum atomic E-state index is 11.6. The standard InChI is InChI=1S/C13H17NO2/c1-10-9-14-8-5-11(10)13(12(15)16)6-3-2-4-7-13/h5,8-9H,2-4,6-7H2,1H3,(H,15,16). The van der Waals surface area contributed by atoms with Gasteiger partial charge in [0.15, 0.2) is 0 Å². The number of nitrogens with zero attached hydrogens (tertiary/aromatic N) is 1. The van der Waals surface area contributed by atoms with E-state index in [0.717, 1.165) is 43.2 Å². The fourth-order valence-electron chi connectivity index (χ4n) is 2.76. The van der Waals surface area contributed by atoms with Crippen molar-refractivity contribution in [3.8, 4) is 0 Å². The molecule has 0 spiro atoms. The minimum Gasteiger partial charge on any atom is -0.481 e. The summed E-state index contributed by atoms with van der Waals surface area (Å²) in [7, 11) is 0. The highest BCUT2D eigenvalue weighted by atomic mass is 16.4. The monoisotopic (exact) mass is 219 g/mol. The molecule has 86 valence electrons. The lowest BCUT2D eigenvalue weighted by molar-refractivity contribution is -0.145. The number of hydrogen-bond acceptors (Lipinski definition) is 2.